The normalized spacial score (nSPS) is 36.6. The Kier molecular flexibility index (Phi) is 1.46. The molecule has 0 amide bonds. The average molecular weight is 152 g/mol. The maximum Gasteiger partial charge on any atom is 0.0678 e. The largest absolute Gasteiger partial charge is 0.376 e. The first-order valence-electron chi connectivity index (χ1n) is 4.42. The van der Waals surface area contributed by atoms with Crippen LogP contribution in [0.1, 0.15) is 20.3 Å². The summed E-state index contributed by atoms with van der Waals surface area (Å²) in [5.74, 6) is 0.810. The molecule has 0 radical (unpaired) electrons. The second-order valence-corrected chi connectivity index (χ2v) is 3.61. The standard InChI is InChI=1S/C9H16N2/c1-4-7-8-6(2)9(8)11(3)5-10-7/h6,9-10H,4-5H2,1-3H3/t6-,9-/m0/s1. The molecule has 1 fully saturated rings. The minimum absolute atomic E-state index is 0.770. The molecule has 2 atom stereocenters. The summed E-state index contributed by atoms with van der Waals surface area (Å²) in [4.78, 5) is 2.39. The van der Waals surface area contributed by atoms with Gasteiger partial charge in [-0.2, -0.15) is 0 Å². The zero-order valence-corrected chi connectivity index (χ0v) is 7.52. The van der Waals surface area contributed by atoms with Crippen molar-refractivity contribution < 1.29 is 0 Å². The van der Waals surface area contributed by atoms with Crippen molar-refractivity contribution in [2.45, 2.75) is 26.3 Å². The van der Waals surface area contributed by atoms with E-state index in [0.717, 1.165) is 18.6 Å². The predicted octanol–water partition coefficient (Wildman–Crippen LogP) is 1.16. The Morgan fingerprint density at radius 3 is 3.00 bits per heavy atom. The van der Waals surface area contributed by atoms with Crippen molar-refractivity contribution in [2.75, 3.05) is 13.7 Å². The molecule has 1 aliphatic carbocycles. The Morgan fingerprint density at radius 1 is 1.64 bits per heavy atom. The molecule has 0 saturated heterocycles. The monoisotopic (exact) mass is 152 g/mol. The zero-order chi connectivity index (χ0) is 8.01. The molecule has 0 bridgehead atoms. The number of hydrogen-bond donors (Lipinski definition) is 1. The highest BCUT2D eigenvalue weighted by atomic mass is 15.3. The van der Waals surface area contributed by atoms with Gasteiger partial charge < -0.3 is 5.32 Å². The van der Waals surface area contributed by atoms with Crippen LogP contribution in [0.5, 0.6) is 0 Å². The Morgan fingerprint density at radius 2 is 2.36 bits per heavy atom. The first kappa shape index (κ1) is 7.17. The lowest BCUT2D eigenvalue weighted by Crippen LogP contribution is -2.36. The Hall–Kier alpha value is -0.500. The highest BCUT2D eigenvalue weighted by Crippen LogP contribution is 2.45. The van der Waals surface area contributed by atoms with Gasteiger partial charge in [-0.1, -0.05) is 13.8 Å². The van der Waals surface area contributed by atoms with Crippen LogP contribution in [-0.2, 0) is 0 Å². The molecule has 1 saturated carbocycles. The van der Waals surface area contributed by atoms with Crippen molar-refractivity contribution in [3.8, 4) is 0 Å². The number of nitrogens with zero attached hydrogens (tertiary/aromatic N) is 1. The van der Waals surface area contributed by atoms with E-state index in [9.17, 15) is 0 Å². The summed E-state index contributed by atoms with van der Waals surface area (Å²) >= 11 is 0. The zero-order valence-electron chi connectivity index (χ0n) is 7.52. The fourth-order valence-corrected chi connectivity index (χ4v) is 2.20. The van der Waals surface area contributed by atoms with E-state index >= 15 is 0 Å². The predicted molar refractivity (Wildman–Crippen MR) is 46.0 cm³/mol. The second kappa shape index (κ2) is 2.24. The average Bonchev–Trinajstić information content (AvgIpc) is 2.65. The van der Waals surface area contributed by atoms with Gasteiger partial charge in [0.2, 0.25) is 0 Å². The number of hydrogen-bond acceptors (Lipinski definition) is 2. The van der Waals surface area contributed by atoms with Gasteiger partial charge in [0.25, 0.3) is 0 Å². The van der Waals surface area contributed by atoms with Crippen LogP contribution in [0.25, 0.3) is 0 Å². The molecule has 0 unspecified atom stereocenters. The first-order chi connectivity index (χ1) is 5.25. The lowest BCUT2D eigenvalue weighted by atomic mass is 10.2. The fraction of sp³-hybridized carbons (Fsp3) is 0.778. The van der Waals surface area contributed by atoms with Crippen molar-refractivity contribution in [1.29, 1.82) is 0 Å². The molecular formula is C9H16N2. The quantitative estimate of drug-likeness (QED) is 0.606. The highest BCUT2D eigenvalue weighted by molar-refractivity contribution is 5.39. The van der Waals surface area contributed by atoms with E-state index in [4.69, 9.17) is 0 Å². The summed E-state index contributed by atoms with van der Waals surface area (Å²) in [5.41, 5.74) is 3.15. The van der Waals surface area contributed by atoms with Crippen LogP contribution in [0.15, 0.2) is 11.3 Å². The molecule has 62 valence electrons. The van der Waals surface area contributed by atoms with Gasteiger partial charge in [0.05, 0.1) is 6.67 Å². The molecule has 1 aliphatic heterocycles. The number of likely N-dealkylation sites (N-methyl/N-ethyl adjacent to an activating group) is 1. The molecule has 2 nitrogen and oxygen atoms in total. The minimum Gasteiger partial charge on any atom is -0.376 e. The van der Waals surface area contributed by atoms with E-state index in [1.165, 1.54) is 12.1 Å². The highest BCUT2D eigenvalue weighted by Gasteiger charge is 2.47. The molecule has 0 aromatic rings. The van der Waals surface area contributed by atoms with E-state index in [-0.39, 0.29) is 0 Å². The van der Waals surface area contributed by atoms with Gasteiger partial charge in [0, 0.05) is 17.7 Å². The number of allylic oxidation sites excluding steroid dienone is 1. The Balaban J connectivity index is 2.23. The van der Waals surface area contributed by atoms with Crippen molar-refractivity contribution in [2.24, 2.45) is 5.92 Å². The molecule has 0 aromatic heterocycles. The third-order valence-electron chi connectivity index (χ3n) is 2.89. The van der Waals surface area contributed by atoms with Crippen LogP contribution >= 0.6 is 0 Å². The molecule has 2 aliphatic rings. The van der Waals surface area contributed by atoms with Crippen LogP contribution < -0.4 is 5.32 Å². The van der Waals surface area contributed by atoms with Crippen LogP contribution in [-0.4, -0.2) is 24.7 Å². The van der Waals surface area contributed by atoms with E-state index < -0.39 is 0 Å². The maximum atomic E-state index is 3.45. The summed E-state index contributed by atoms with van der Waals surface area (Å²) < 4.78 is 0. The smallest absolute Gasteiger partial charge is 0.0678 e. The molecule has 11 heavy (non-hydrogen) atoms. The summed E-state index contributed by atoms with van der Waals surface area (Å²) in [6.07, 6.45) is 1.17. The molecule has 1 heterocycles. The SMILES string of the molecule is CCC1=C2[C@H]([C@H]2C)N(C)CN1. The number of rotatable bonds is 1. The second-order valence-electron chi connectivity index (χ2n) is 3.61. The molecule has 0 aromatic carbocycles. The Bertz CT molecular complexity index is 208. The van der Waals surface area contributed by atoms with Gasteiger partial charge in [-0.25, -0.2) is 0 Å². The minimum atomic E-state index is 0.770. The van der Waals surface area contributed by atoms with Gasteiger partial charge in [-0.15, -0.1) is 0 Å². The third kappa shape index (κ3) is 0.890. The lowest BCUT2D eigenvalue weighted by molar-refractivity contribution is 0.292. The van der Waals surface area contributed by atoms with Crippen LogP contribution in [0.3, 0.4) is 0 Å². The summed E-state index contributed by atoms with van der Waals surface area (Å²) in [5, 5.41) is 3.45. The van der Waals surface area contributed by atoms with Crippen LogP contribution in [0, 0.1) is 5.92 Å². The summed E-state index contributed by atoms with van der Waals surface area (Å²) in [6, 6.07) is 0.770. The summed E-state index contributed by atoms with van der Waals surface area (Å²) in [6.45, 7) is 5.57. The van der Waals surface area contributed by atoms with Crippen LogP contribution in [0.2, 0.25) is 0 Å². The number of fused-ring (bicyclic) bond motifs is 1. The van der Waals surface area contributed by atoms with Crippen molar-refractivity contribution in [1.82, 2.24) is 10.2 Å². The van der Waals surface area contributed by atoms with Gasteiger partial charge in [0.15, 0.2) is 0 Å². The van der Waals surface area contributed by atoms with Gasteiger partial charge in [-0.05, 0) is 19.0 Å². The van der Waals surface area contributed by atoms with E-state index in [2.05, 4.69) is 31.1 Å². The topological polar surface area (TPSA) is 15.3 Å². The third-order valence-corrected chi connectivity index (χ3v) is 2.89. The first-order valence-corrected chi connectivity index (χ1v) is 4.42. The molecule has 1 N–H and O–H groups in total. The lowest BCUT2D eigenvalue weighted by Gasteiger charge is -2.22. The van der Waals surface area contributed by atoms with E-state index in [0.29, 0.717) is 0 Å². The molecule has 2 heteroatoms. The van der Waals surface area contributed by atoms with Crippen LogP contribution in [0.4, 0.5) is 0 Å². The van der Waals surface area contributed by atoms with E-state index in [1.54, 1.807) is 5.57 Å². The van der Waals surface area contributed by atoms with E-state index in [1.807, 2.05) is 0 Å². The van der Waals surface area contributed by atoms with Gasteiger partial charge in [0.1, 0.15) is 0 Å². The molecular weight excluding hydrogens is 136 g/mol. The maximum absolute atomic E-state index is 3.45. The van der Waals surface area contributed by atoms with Crippen molar-refractivity contribution in [3.63, 3.8) is 0 Å². The molecule has 0 spiro atoms. The van der Waals surface area contributed by atoms with Gasteiger partial charge in [-0.3, -0.25) is 4.90 Å². The van der Waals surface area contributed by atoms with Crippen molar-refractivity contribution >= 4 is 0 Å². The molecule has 2 rings (SSSR count). The van der Waals surface area contributed by atoms with Gasteiger partial charge >= 0.3 is 0 Å². The summed E-state index contributed by atoms with van der Waals surface area (Å²) in [7, 11) is 2.19. The Labute approximate surface area is 68.3 Å². The number of nitrogens with one attached hydrogen (secondary N) is 1. The van der Waals surface area contributed by atoms with Crippen molar-refractivity contribution in [3.05, 3.63) is 11.3 Å². The fourth-order valence-electron chi connectivity index (χ4n) is 2.20.